The number of aromatic amines is 1. The number of nitrogens with one attached hydrogen (secondary N) is 2. The van der Waals surface area contributed by atoms with Crippen LogP contribution in [0.15, 0.2) is 30.0 Å². The van der Waals surface area contributed by atoms with E-state index in [0.29, 0.717) is 6.42 Å². The number of carbonyl (C=O) groups is 1. The number of allylic oxidation sites excluding steroid dienone is 2. The number of carbonyl (C=O) groups excluding carboxylic acids is 1. The van der Waals surface area contributed by atoms with Crippen LogP contribution in [0.25, 0.3) is 0 Å². The number of hydrogen-bond acceptors (Lipinski definition) is 5. The van der Waals surface area contributed by atoms with Crippen molar-refractivity contribution in [3.63, 3.8) is 0 Å². The van der Waals surface area contributed by atoms with Crippen LogP contribution in [0.3, 0.4) is 0 Å². The highest BCUT2D eigenvalue weighted by Crippen LogP contribution is 2.53. The smallest absolute Gasteiger partial charge is 0.162 e. The van der Waals surface area contributed by atoms with Gasteiger partial charge in [-0.3, -0.25) is 9.89 Å². The van der Waals surface area contributed by atoms with E-state index in [1.54, 1.807) is 0 Å². The quantitative estimate of drug-likeness (QED) is 0.872. The highest BCUT2D eigenvalue weighted by molar-refractivity contribution is 6.02. The normalized spacial score (nSPS) is 26.4. The minimum absolute atomic E-state index is 0.0539. The van der Waals surface area contributed by atoms with E-state index in [4.69, 9.17) is 0 Å². The van der Waals surface area contributed by atoms with Crippen molar-refractivity contribution in [2.75, 3.05) is 5.32 Å². The van der Waals surface area contributed by atoms with Crippen LogP contribution in [-0.2, 0) is 16.6 Å². The summed E-state index contributed by atoms with van der Waals surface area (Å²) in [7, 11) is 0. The van der Waals surface area contributed by atoms with Crippen LogP contribution in [0.5, 0.6) is 0 Å². The van der Waals surface area contributed by atoms with E-state index in [9.17, 15) is 4.79 Å². The van der Waals surface area contributed by atoms with Gasteiger partial charge in [0.25, 0.3) is 0 Å². The fraction of sp³-hybridized carbons (Fsp3) is 0.524. The number of aromatic nitrogens is 4. The second kappa shape index (κ2) is 5.50. The van der Waals surface area contributed by atoms with Crippen molar-refractivity contribution in [2.24, 2.45) is 11.3 Å². The van der Waals surface area contributed by atoms with Gasteiger partial charge in [0.15, 0.2) is 11.6 Å². The number of Topliss-reactive ketones (excluding diaryl/α,β-unsaturated/α-hetero) is 1. The van der Waals surface area contributed by atoms with Crippen molar-refractivity contribution in [2.45, 2.75) is 58.3 Å². The molecule has 1 atom stereocenters. The van der Waals surface area contributed by atoms with Gasteiger partial charge in [-0.25, -0.2) is 9.97 Å². The molecule has 1 aliphatic heterocycles. The Kier molecular flexibility index (Phi) is 3.39. The molecule has 6 nitrogen and oxygen atoms in total. The van der Waals surface area contributed by atoms with Gasteiger partial charge in [0.05, 0.1) is 5.41 Å². The molecule has 0 bridgehead atoms. The molecule has 2 aromatic heterocycles. The average Bonchev–Trinajstić information content (AvgIpc) is 3.33. The van der Waals surface area contributed by atoms with Crippen molar-refractivity contribution < 1.29 is 4.79 Å². The summed E-state index contributed by atoms with van der Waals surface area (Å²) in [6.07, 6.45) is 10.1. The molecule has 3 heterocycles. The van der Waals surface area contributed by atoms with E-state index in [2.05, 4.69) is 46.3 Å². The van der Waals surface area contributed by atoms with Crippen molar-refractivity contribution in [1.82, 2.24) is 20.2 Å². The lowest BCUT2D eigenvalue weighted by Crippen LogP contribution is -2.42. The molecular weight excluding hydrogens is 338 g/mol. The number of anilines is 1. The molecule has 140 valence electrons. The molecule has 0 spiro atoms. The summed E-state index contributed by atoms with van der Waals surface area (Å²) >= 11 is 0. The monoisotopic (exact) mass is 363 g/mol. The van der Waals surface area contributed by atoms with Crippen LogP contribution in [0.4, 0.5) is 5.82 Å². The zero-order chi connectivity index (χ0) is 18.8. The number of ketones is 1. The molecule has 2 aromatic rings. The number of rotatable bonds is 3. The van der Waals surface area contributed by atoms with E-state index in [1.807, 2.05) is 12.4 Å². The lowest BCUT2D eigenvalue weighted by atomic mass is 9.62. The molecular formula is C21H25N5O. The van der Waals surface area contributed by atoms with Gasteiger partial charge in [0, 0.05) is 46.9 Å². The first-order chi connectivity index (χ1) is 12.9. The van der Waals surface area contributed by atoms with E-state index in [-0.39, 0.29) is 11.2 Å². The maximum Gasteiger partial charge on any atom is 0.162 e. The van der Waals surface area contributed by atoms with Crippen molar-refractivity contribution in [3.8, 4) is 0 Å². The Balaban J connectivity index is 1.74. The Morgan fingerprint density at radius 2 is 1.89 bits per heavy atom. The Morgan fingerprint density at radius 3 is 2.59 bits per heavy atom. The van der Waals surface area contributed by atoms with Gasteiger partial charge in [-0.2, -0.15) is 5.10 Å². The molecule has 3 aliphatic rings. The molecule has 1 fully saturated rings. The maximum absolute atomic E-state index is 13.3. The number of hydrogen-bond donors (Lipinski definition) is 2. The van der Waals surface area contributed by atoms with Gasteiger partial charge >= 0.3 is 0 Å². The zero-order valence-corrected chi connectivity index (χ0v) is 16.1. The lowest BCUT2D eigenvalue weighted by Gasteiger charge is -2.43. The first-order valence-corrected chi connectivity index (χ1v) is 9.75. The van der Waals surface area contributed by atoms with Crippen molar-refractivity contribution >= 4 is 11.6 Å². The number of H-pyrrole nitrogens is 1. The molecule has 1 saturated carbocycles. The number of fused-ring (bicyclic) bond motifs is 1. The Morgan fingerprint density at radius 1 is 1.15 bits per heavy atom. The first-order valence-electron chi connectivity index (χ1n) is 9.75. The Bertz CT molecular complexity index is 954. The van der Waals surface area contributed by atoms with Crippen molar-refractivity contribution in [1.29, 1.82) is 0 Å². The van der Waals surface area contributed by atoms with Gasteiger partial charge in [-0.15, -0.1) is 0 Å². The summed E-state index contributed by atoms with van der Waals surface area (Å²) in [6.45, 7) is 6.44. The van der Waals surface area contributed by atoms with Crippen LogP contribution in [0.1, 0.15) is 63.3 Å². The van der Waals surface area contributed by atoms with Crippen LogP contribution < -0.4 is 5.32 Å². The predicted molar refractivity (Wildman–Crippen MR) is 102 cm³/mol. The van der Waals surface area contributed by atoms with Crippen LogP contribution in [0, 0.1) is 11.3 Å². The fourth-order valence-corrected chi connectivity index (χ4v) is 4.89. The largest absolute Gasteiger partial charge is 0.342 e. The summed E-state index contributed by atoms with van der Waals surface area (Å²) in [5.41, 5.74) is 4.41. The Hall–Kier alpha value is -2.50. The van der Waals surface area contributed by atoms with Gasteiger partial charge in [0.1, 0.15) is 6.33 Å². The second-order valence-corrected chi connectivity index (χ2v) is 9.24. The van der Waals surface area contributed by atoms with Crippen LogP contribution in [-0.4, -0.2) is 25.9 Å². The fourth-order valence-electron chi connectivity index (χ4n) is 4.89. The molecule has 0 saturated heterocycles. The summed E-state index contributed by atoms with van der Waals surface area (Å²) in [5.74, 6) is 1.78. The average molecular weight is 363 g/mol. The van der Waals surface area contributed by atoms with Gasteiger partial charge in [-0.05, 0) is 43.9 Å². The standard InChI is InChI=1S/C21H25N5O/c1-20(2)7-15-17(16(27)8-20)21(3,13-9-22-11-23-10-13)18-14(6-12-4-5-12)25-26-19(18)24-15/h9-12H,4-8H2,1-3H3,(H2,24,25,26). The third-order valence-electron chi connectivity index (χ3n) is 6.31. The van der Waals surface area contributed by atoms with Crippen LogP contribution >= 0.6 is 0 Å². The van der Waals surface area contributed by atoms with Gasteiger partial charge in [-0.1, -0.05) is 13.8 Å². The third kappa shape index (κ3) is 2.53. The molecule has 2 aliphatic carbocycles. The molecule has 1 unspecified atom stereocenters. The summed E-state index contributed by atoms with van der Waals surface area (Å²) < 4.78 is 0. The lowest BCUT2D eigenvalue weighted by molar-refractivity contribution is -0.118. The molecule has 0 radical (unpaired) electrons. The number of nitrogens with zero attached hydrogens (tertiary/aromatic N) is 3. The maximum atomic E-state index is 13.3. The van der Waals surface area contributed by atoms with E-state index in [0.717, 1.165) is 52.7 Å². The van der Waals surface area contributed by atoms with Gasteiger partial charge < -0.3 is 5.32 Å². The molecule has 0 amide bonds. The summed E-state index contributed by atoms with van der Waals surface area (Å²) in [4.78, 5) is 21.9. The van der Waals surface area contributed by atoms with E-state index >= 15 is 0 Å². The second-order valence-electron chi connectivity index (χ2n) is 9.24. The van der Waals surface area contributed by atoms with E-state index in [1.165, 1.54) is 19.2 Å². The highest BCUT2D eigenvalue weighted by Gasteiger charge is 2.50. The third-order valence-corrected chi connectivity index (χ3v) is 6.31. The summed E-state index contributed by atoms with van der Waals surface area (Å²) in [5, 5.41) is 11.4. The summed E-state index contributed by atoms with van der Waals surface area (Å²) in [6, 6.07) is 0. The predicted octanol–water partition coefficient (Wildman–Crippen LogP) is 3.53. The minimum Gasteiger partial charge on any atom is -0.342 e. The van der Waals surface area contributed by atoms with Crippen molar-refractivity contribution in [3.05, 3.63) is 46.8 Å². The van der Waals surface area contributed by atoms with E-state index < -0.39 is 5.41 Å². The Labute approximate surface area is 158 Å². The molecule has 27 heavy (non-hydrogen) atoms. The first kappa shape index (κ1) is 16.7. The molecule has 6 heteroatoms. The van der Waals surface area contributed by atoms with Gasteiger partial charge in [0.2, 0.25) is 0 Å². The SMILES string of the molecule is CC1(C)CC(=O)C2=C(C1)Nc1n[nH]c(CC3CC3)c1C2(C)c1cncnc1. The highest BCUT2D eigenvalue weighted by atomic mass is 16.1. The topological polar surface area (TPSA) is 83.6 Å². The molecule has 2 N–H and O–H groups in total. The molecule has 0 aromatic carbocycles. The minimum atomic E-state index is -0.581. The molecule has 5 rings (SSSR count). The van der Waals surface area contributed by atoms with Crippen LogP contribution in [0.2, 0.25) is 0 Å². The zero-order valence-electron chi connectivity index (χ0n) is 16.1.